The molecule has 78 valence electrons. The van der Waals surface area contributed by atoms with E-state index in [-0.39, 0.29) is 6.04 Å². The van der Waals surface area contributed by atoms with Gasteiger partial charge in [0.05, 0.1) is 0 Å². The van der Waals surface area contributed by atoms with Crippen molar-refractivity contribution in [2.24, 2.45) is 5.73 Å². The first kappa shape index (κ1) is 10.2. The van der Waals surface area contributed by atoms with Crippen LogP contribution in [0.4, 0.5) is 0 Å². The van der Waals surface area contributed by atoms with Crippen LogP contribution in [0.5, 0.6) is 0 Å². The standard InChI is InChI=1S/C10H12N4S/c1-7(11)8-4-2-3-5-9(8)15-10-12-6-13-14-10/h2-7H,11H2,1H3,(H,12,13,14)/t7-/m1/s1. The zero-order valence-electron chi connectivity index (χ0n) is 8.34. The van der Waals surface area contributed by atoms with Crippen molar-refractivity contribution in [3.8, 4) is 0 Å². The Morgan fingerprint density at radius 1 is 1.40 bits per heavy atom. The lowest BCUT2D eigenvalue weighted by Gasteiger charge is -2.10. The first-order chi connectivity index (χ1) is 7.27. The molecule has 0 fully saturated rings. The summed E-state index contributed by atoms with van der Waals surface area (Å²) in [5.74, 6) is 0. The molecule has 0 amide bonds. The summed E-state index contributed by atoms with van der Waals surface area (Å²) in [5, 5.41) is 7.40. The predicted molar refractivity (Wildman–Crippen MR) is 59.6 cm³/mol. The second kappa shape index (κ2) is 4.46. The van der Waals surface area contributed by atoms with Crippen LogP contribution in [0.3, 0.4) is 0 Å². The number of nitrogens with one attached hydrogen (secondary N) is 1. The maximum Gasteiger partial charge on any atom is 0.188 e. The summed E-state index contributed by atoms with van der Waals surface area (Å²) in [6.07, 6.45) is 1.50. The normalized spacial score (nSPS) is 12.7. The van der Waals surface area contributed by atoms with Gasteiger partial charge >= 0.3 is 0 Å². The molecule has 1 aromatic carbocycles. The lowest BCUT2D eigenvalue weighted by atomic mass is 10.1. The summed E-state index contributed by atoms with van der Waals surface area (Å²) in [5.41, 5.74) is 7.01. The van der Waals surface area contributed by atoms with Gasteiger partial charge in [-0.1, -0.05) is 30.0 Å². The molecule has 0 spiro atoms. The van der Waals surface area contributed by atoms with Gasteiger partial charge < -0.3 is 5.73 Å². The Morgan fingerprint density at radius 3 is 2.87 bits per heavy atom. The van der Waals surface area contributed by atoms with Crippen molar-refractivity contribution < 1.29 is 0 Å². The summed E-state index contributed by atoms with van der Waals surface area (Å²) in [6, 6.07) is 8.07. The molecule has 3 N–H and O–H groups in total. The largest absolute Gasteiger partial charge is 0.324 e. The van der Waals surface area contributed by atoms with Crippen molar-refractivity contribution in [1.29, 1.82) is 0 Å². The Hall–Kier alpha value is -1.33. The topological polar surface area (TPSA) is 67.6 Å². The number of aromatic amines is 1. The Balaban J connectivity index is 2.28. The molecule has 2 rings (SSSR count). The van der Waals surface area contributed by atoms with E-state index >= 15 is 0 Å². The van der Waals surface area contributed by atoms with Gasteiger partial charge in [-0.3, -0.25) is 5.10 Å². The molecule has 0 unspecified atom stereocenters. The fraction of sp³-hybridized carbons (Fsp3) is 0.200. The first-order valence-corrected chi connectivity index (χ1v) is 5.47. The van der Waals surface area contributed by atoms with E-state index in [1.165, 1.54) is 6.33 Å². The second-order valence-electron chi connectivity index (χ2n) is 3.22. The Kier molecular flexibility index (Phi) is 3.03. The molecule has 1 aromatic heterocycles. The molecular weight excluding hydrogens is 208 g/mol. The summed E-state index contributed by atoms with van der Waals surface area (Å²) < 4.78 is 0. The van der Waals surface area contributed by atoms with Gasteiger partial charge in [0.1, 0.15) is 6.33 Å². The fourth-order valence-corrected chi connectivity index (χ4v) is 2.22. The van der Waals surface area contributed by atoms with Gasteiger partial charge in [-0.2, -0.15) is 5.10 Å². The van der Waals surface area contributed by atoms with E-state index in [1.807, 2.05) is 31.2 Å². The van der Waals surface area contributed by atoms with Gasteiger partial charge in [-0.15, -0.1) is 0 Å². The molecule has 4 nitrogen and oxygen atoms in total. The summed E-state index contributed by atoms with van der Waals surface area (Å²) in [6.45, 7) is 1.97. The van der Waals surface area contributed by atoms with Crippen LogP contribution in [0.2, 0.25) is 0 Å². The predicted octanol–water partition coefficient (Wildman–Crippen LogP) is 1.98. The van der Waals surface area contributed by atoms with Crippen LogP contribution in [0.25, 0.3) is 0 Å². The van der Waals surface area contributed by atoms with Crippen LogP contribution in [0.1, 0.15) is 18.5 Å². The molecule has 0 aliphatic carbocycles. The van der Waals surface area contributed by atoms with Crippen molar-refractivity contribution in [1.82, 2.24) is 15.2 Å². The molecule has 1 atom stereocenters. The number of rotatable bonds is 3. The highest BCUT2D eigenvalue weighted by atomic mass is 32.2. The number of hydrogen-bond acceptors (Lipinski definition) is 4. The smallest absolute Gasteiger partial charge is 0.188 e. The van der Waals surface area contributed by atoms with Crippen molar-refractivity contribution in [2.45, 2.75) is 23.0 Å². The number of nitrogens with zero attached hydrogens (tertiary/aromatic N) is 2. The van der Waals surface area contributed by atoms with E-state index in [1.54, 1.807) is 11.8 Å². The third kappa shape index (κ3) is 2.37. The zero-order valence-corrected chi connectivity index (χ0v) is 9.16. The van der Waals surface area contributed by atoms with Crippen molar-refractivity contribution >= 4 is 11.8 Å². The SMILES string of the molecule is C[C@@H](N)c1ccccc1Sc1ncn[nH]1. The van der Waals surface area contributed by atoms with Gasteiger partial charge in [0.2, 0.25) is 0 Å². The van der Waals surface area contributed by atoms with Crippen LogP contribution in [-0.2, 0) is 0 Å². The highest BCUT2D eigenvalue weighted by Gasteiger charge is 2.08. The van der Waals surface area contributed by atoms with Gasteiger partial charge in [0.25, 0.3) is 0 Å². The number of aromatic nitrogens is 3. The molecule has 5 heteroatoms. The van der Waals surface area contributed by atoms with Gasteiger partial charge in [0.15, 0.2) is 5.16 Å². The third-order valence-electron chi connectivity index (χ3n) is 2.01. The lowest BCUT2D eigenvalue weighted by Crippen LogP contribution is -2.06. The molecule has 1 heterocycles. The maximum absolute atomic E-state index is 5.88. The third-order valence-corrected chi connectivity index (χ3v) is 2.99. The number of nitrogens with two attached hydrogens (primary N) is 1. The molecule has 2 aromatic rings. The van der Waals surface area contributed by atoms with Gasteiger partial charge in [-0.25, -0.2) is 4.98 Å². The molecule has 0 radical (unpaired) electrons. The zero-order chi connectivity index (χ0) is 10.7. The molecule has 15 heavy (non-hydrogen) atoms. The molecule has 0 saturated carbocycles. The van der Waals surface area contributed by atoms with Gasteiger partial charge in [0, 0.05) is 10.9 Å². The monoisotopic (exact) mass is 220 g/mol. The highest BCUT2D eigenvalue weighted by Crippen LogP contribution is 2.29. The summed E-state index contributed by atoms with van der Waals surface area (Å²) in [7, 11) is 0. The number of hydrogen-bond donors (Lipinski definition) is 2. The van der Waals surface area contributed by atoms with Crippen molar-refractivity contribution in [3.63, 3.8) is 0 Å². The molecule has 0 aliphatic rings. The van der Waals surface area contributed by atoms with Crippen LogP contribution in [0, 0.1) is 0 Å². The first-order valence-electron chi connectivity index (χ1n) is 4.65. The van der Waals surface area contributed by atoms with E-state index in [9.17, 15) is 0 Å². The lowest BCUT2D eigenvalue weighted by molar-refractivity contribution is 0.796. The summed E-state index contributed by atoms with van der Waals surface area (Å²) >= 11 is 1.54. The van der Waals surface area contributed by atoms with Crippen LogP contribution >= 0.6 is 11.8 Å². The van der Waals surface area contributed by atoms with Crippen LogP contribution < -0.4 is 5.73 Å². The Morgan fingerprint density at radius 2 is 2.20 bits per heavy atom. The van der Waals surface area contributed by atoms with E-state index in [2.05, 4.69) is 15.2 Å². The number of H-pyrrole nitrogens is 1. The molecular formula is C10H12N4S. The minimum atomic E-state index is 0.0246. The molecule has 0 bridgehead atoms. The average Bonchev–Trinajstić information content (AvgIpc) is 2.71. The number of benzene rings is 1. The van der Waals surface area contributed by atoms with E-state index in [4.69, 9.17) is 5.73 Å². The van der Waals surface area contributed by atoms with E-state index in [0.717, 1.165) is 15.6 Å². The highest BCUT2D eigenvalue weighted by molar-refractivity contribution is 7.99. The Bertz CT molecular complexity index is 425. The molecule has 0 aliphatic heterocycles. The minimum Gasteiger partial charge on any atom is -0.324 e. The van der Waals surface area contributed by atoms with Crippen LogP contribution in [0.15, 0.2) is 40.6 Å². The van der Waals surface area contributed by atoms with E-state index < -0.39 is 0 Å². The van der Waals surface area contributed by atoms with E-state index in [0.29, 0.717) is 0 Å². The quantitative estimate of drug-likeness (QED) is 0.830. The van der Waals surface area contributed by atoms with Gasteiger partial charge in [-0.05, 0) is 18.6 Å². The second-order valence-corrected chi connectivity index (χ2v) is 4.25. The summed E-state index contributed by atoms with van der Waals surface area (Å²) in [4.78, 5) is 5.18. The minimum absolute atomic E-state index is 0.0246. The van der Waals surface area contributed by atoms with Crippen molar-refractivity contribution in [3.05, 3.63) is 36.2 Å². The fourth-order valence-electron chi connectivity index (χ4n) is 1.30. The van der Waals surface area contributed by atoms with Crippen LogP contribution in [-0.4, -0.2) is 15.2 Å². The average molecular weight is 220 g/mol. The molecule has 0 saturated heterocycles. The Labute approximate surface area is 92.3 Å². The van der Waals surface area contributed by atoms with Crippen molar-refractivity contribution in [2.75, 3.05) is 0 Å². The maximum atomic E-state index is 5.88.